The van der Waals surface area contributed by atoms with E-state index in [2.05, 4.69) is 5.32 Å². The lowest BCUT2D eigenvalue weighted by Crippen LogP contribution is -2.15. The number of carbonyl (C=O) groups excluding carboxylic acids is 1. The number of rotatable bonds is 5. The van der Waals surface area contributed by atoms with Gasteiger partial charge in [0.05, 0.1) is 13.5 Å². The number of hydrogen-bond donors (Lipinski definition) is 2. The molecule has 0 radical (unpaired) electrons. The standard InChI is InChI=1S/C17H20N2O2/c1-12(18)14-4-3-5-15(11-14)19-17(20)10-13-6-8-16(21-2)9-7-13/h3-9,11-12H,10,18H2,1-2H3,(H,19,20). The van der Waals surface area contributed by atoms with Crippen LogP contribution < -0.4 is 15.8 Å². The van der Waals surface area contributed by atoms with Gasteiger partial charge in [-0.25, -0.2) is 0 Å². The van der Waals surface area contributed by atoms with E-state index in [9.17, 15) is 4.79 Å². The summed E-state index contributed by atoms with van der Waals surface area (Å²) < 4.78 is 5.09. The molecule has 0 aliphatic carbocycles. The molecule has 0 heterocycles. The first-order valence-electron chi connectivity index (χ1n) is 6.87. The molecule has 0 fully saturated rings. The molecule has 3 N–H and O–H groups in total. The van der Waals surface area contributed by atoms with E-state index in [1.54, 1.807) is 7.11 Å². The molecule has 1 unspecified atom stereocenters. The number of nitrogens with two attached hydrogens (primary N) is 1. The molecule has 1 amide bonds. The summed E-state index contributed by atoms with van der Waals surface area (Å²) in [7, 11) is 1.62. The lowest BCUT2D eigenvalue weighted by Gasteiger charge is -2.10. The van der Waals surface area contributed by atoms with Crippen molar-refractivity contribution >= 4 is 11.6 Å². The Labute approximate surface area is 124 Å². The number of benzene rings is 2. The molecule has 0 saturated carbocycles. The van der Waals surface area contributed by atoms with Gasteiger partial charge in [0.1, 0.15) is 5.75 Å². The van der Waals surface area contributed by atoms with Gasteiger partial charge in [-0.3, -0.25) is 4.79 Å². The summed E-state index contributed by atoms with van der Waals surface area (Å²) in [5.74, 6) is 0.728. The topological polar surface area (TPSA) is 64.3 Å². The Hall–Kier alpha value is -2.33. The minimum atomic E-state index is -0.0537. The number of nitrogens with one attached hydrogen (secondary N) is 1. The van der Waals surface area contributed by atoms with Crippen LogP contribution in [0.15, 0.2) is 48.5 Å². The fourth-order valence-electron chi connectivity index (χ4n) is 2.03. The number of amides is 1. The van der Waals surface area contributed by atoms with Crippen molar-refractivity contribution in [3.63, 3.8) is 0 Å². The average Bonchev–Trinajstić information content (AvgIpc) is 2.48. The molecular weight excluding hydrogens is 264 g/mol. The summed E-state index contributed by atoms with van der Waals surface area (Å²) in [4.78, 5) is 12.0. The summed E-state index contributed by atoms with van der Waals surface area (Å²) in [5.41, 5.74) is 8.55. The van der Waals surface area contributed by atoms with Crippen molar-refractivity contribution in [2.75, 3.05) is 12.4 Å². The maximum absolute atomic E-state index is 12.0. The van der Waals surface area contributed by atoms with E-state index in [0.717, 1.165) is 22.6 Å². The third kappa shape index (κ3) is 4.33. The number of ether oxygens (including phenoxy) is 1. The normalized spacial score (nSPS) is 11.8. The highest BCUT2D eigenvalue weighted by Gasteiger charge is 2.06. The van der Waals surface area contributed by atoms with Crippen LogP contribution in [0.4, 0.5) is 5.69 Å². The van der Waals surface area contributed by atoms with E-state index >= 15 is 0 Å². The molecule has 4 nitrogen and oxygen atoms in total. The molecule has 0 aliphatic rings. The lowest BCUT2D eigenvalue weighted by molar-refractivity contribution is -0.115. The number of hydrogen-bond acceptors (Lipinski definition) is 3. The smallest absolute Gasteiger partial charge is 0.228 e. The first-order valence-corrected chi connectivity index (χ1v) is 6.87. The van der Waals surface area contributed by atoms with Crippen molar-refractivity contribution < 1.29 is 9.53 Å². The minimum absolute atomic E-state index is 0.0524. The van der Waals surface area contributed by atoms with E-state index in [1.165, 1.54) is 0 Å². The second-order valence-corrected chi connectivity index (χ2v) is 4.99. The van der Waals surface area contributed by atoms with Gasteiger partial charge in [-0.1, -0.05) is 24.3 Å². The van der Waals surface area contributed by atoms with Crippen LogP contribution in [0, 0.1) is 0 Å². The maximum atomic E-state index is 12.0. The van der Waals surface area contributed by atoms with E-state index in [1.807, 2.05) is 55.5 Å². The van der Waals surface area contributed by atoms with Gasteiger partial charge in [-0.15, -0.1) is 0 Å². The summed E-state index contributed by atoms with van der Waals surface area (Å²) >= 11 is 0. The monoisotopic (exact) mass is 284 g/mol. The molecule has 0 bridgehead atoms. The van der Waals surface area contributed by atoms with Crippen LogP contribution in [0.25, 0.3) is 0 Å². The fourth-order valence-corrected chi connectivity index (χ4v) is 2.03. The third-order valence-electron chi connectivity index (χ3n) is 3.22. The summed E-state index contributed by atoms with van der Waals surface area (Å²) in [6, 6.07) is 15.0. The zero-order valence-corrected chi connectivity index (χ0v) is 12.3. The van der Waals surface area contributed by atoms with E-state index < -0.39 is 0 Å². The first-order chi connectivity index (χ1) is 10.1. The molecule has 4 heteroatoms. The highest BCUT2D eigenvalue weighted by molar-refractivity contribution is 5.92. The Balaban J connectivity index is 1.99. The third-order valence-corrected chi connectivity index (χ3v) is 3.22. The molecule has 2 rings (SSSR count). The molecular formula is C17H20N2O2. The van der Waals surface area contributed by atoms with Gasteiger partial charge in [0, 0.05) is 11.7 Å². The van der Waals surface area contributed by atoms with Gasteiger partial charge in [-0.2, -0.15) is 0 Å². The minimum Gasteiger partial charge on any atom is -0.497 e. The van der Waals surface area contributed by atoms with Crippen LogP contribution in [-0.2, 0) is 11.2 Å². The lowest BCUT2D eigenvalue weighted by atomic mass is 10.1. The van der Waals surface area contributed by atoms with E-state index in [0.29, 0.717) is 6.42 Å². The van der Waals surface area contributed by atoms with Crippen molar-refractivity contribution in [1.29, 1.82) is 0 Å². The molecule has 0 spiro atoms. The molecule has 0 aromatic heterocycles. The zero-order valence-electron chi connectivity index (χ0n) is 12.3. The quantitative estimate of drug-likeness (QED) is 0.887. The number of anilines is 1. The molecule has 21 heavy (non-hydrogen) atoms. The maximum Gasteiger partial charge on any atom is 0.228 e. The van der Waals surface area contributed by atoms with Crippen LogP contribution in [-0.4, -0.2) is 13.0 Å². The van der Waals surface area contributed by atoms with Gasteiger partial charge in [0.15, 0.2) is 0 Å². The molecule has 1 atom stereocenters. The van der Waals surface area contributed by atoms with Crippen molar-refractivity contribution in [3.8, 4) is 5.75 Å². The van der Waals surface area contributed by atoms with E-state index in [-0.39, 0.29) is 11.9 Å². The highest BCUT2D eigenvalue weighted by atomic mass is 16.5. The van der Waals surface area contributed by atoms with Crippen molar-refractivity contribution in [3.05, 3.63) is 59.7 Å². The molecule has 0 aliphatic heterocycles. The summed E-state index contributed by atoms with van der Waals surface area (Å²) in [5, 5.41) is 2.89. The van der Waals surface area contributed by atoms with Gasteiger partial charge >= 0.3 is 0 Å². The van der Waals surface area contributed by atoms with Gasteiger partial charge in [0.2, 0.25) is 5.91 Å². The Morgan fingerprint density at radius 2 is 1.95 bits per heavy atom. The van der Waals surface area contributed by atoms with E-state index in [4.69, 9.17) is 10.5 Å². The van der Waals surface area contributed by atoms with Crippen molar-refractivity contribution in [2.24, 2.45) is 5.73 Å². The van der Waals surface area contributed by atoms with Crippen LogP contribution in [0.1, 0.15) is 24.1 Å². The Morgan fingerprint density at radius 1 is 1.24 bits per heavy atom. The SMILES string of the molecule is COc1ccc(CC(=O)Nc2cccc(C(C)N)c2)cc1. The highest BCUT2D eigenvalue weighted by Crippen LogP contribution is 2.16. The first kappa shape index (κ1) is 15.1. The Kier molecular flexibility index (Phi) is 4.95. The number of methoxy groups -OCH3 is 1. The molecule has 0 saturated heterocycles. The van der Waals surface area contributed by atoms with Crippen LogP contribution in [0.2, 0.25) is 0 Å². The molecule has 2 aromatic carbocycles. The van der Waals surface area contributed by atoms with Crippen molar-refractivity contribution in [2.45, 2.75) is 19.4 Å². The van der Waals surface area contributed by atoms with Crippen LogP contribution in [0.5, 0.6) is 5.75 Å². The summed E-state index contributed by atoms with van der Waals surface area (Å²) in [6.07, 6.45) is 0.326. The summed E-state index contributed by atoms with van der Waals surface area (Å²) in [6.45, 7) is 1.91. The van der Waals surface area contributed by atoms with Crippen molar-refractivity contribution in [1.82, 2.24) is 0 Å². The molecule has 2 aromatic rings. The Morgan fingerprint density at radius 3 is 2.57 bits per heavy atom. The van der Waals surface area contributed by atoms with Gasteiger partial charge < -0.3 is 15.8 Å². The zero-order chi connectivity index (χ0) is 15.2. The van der Waals surface area contributed by atoms with Crippen LogP contribution in [0.3, 0.4) is 0 Å². The fraction of sp³-hybridized carbons (Fsp3) is 0.235. The second kappa shape index (κ2) is 6.90. The predicted molar refractivity (Wildman–Crippen MR) is 84.4 cm³/mol. The Bertz CT molecular complexity index is 606. The number of carbonyl (C=O) groups is 1. The van der Waals surface area contributed by atoms with Gasteiger partial charge in [-0.05, 0) is 42.3 Å². The van der Waals surface area contributed by atoms with Crippen LogP contribution >= 0.6 is 0 Å². The average molecular weight is 284 g/mol. The largest absolute Gasteiger partial charge is 0.497 e. The predicted octanol–water partition coefficient (Wildman–Crippen LogP) is 2.90. The van der Waals surface area contributed by atoms with Gasteiger partial charge in [0.25, 0.3) is 0 Å². The second-order valence-electron chi connectivity index (χ2n) is 4.99. The molecule has 110 valence electrons.